The molecule has 1 aromatic carbocycles. The number of nitrogens with zero attached hydrogens (tertiary/aromatic N) is 2. The van der Waals surface area contributed by atoms with Crippen LogP contribution < -0.4 is 0 Å². The highest BCUT2D eigenvalue weighted by Gasteiger charge is 2.31. The molecule has 20 heavy (non-hydrogen) atoms. The molecule has 106 valence electrons. The predicted octanol–water partition coefficient (Wildman–Crippen LogP) is 4.49. The van der Waals surface area contributed by atoms with Gasteiger partial charge < -0.3 is 0 Å². The molecular weight excluding hydrogens is 336 g/mol. The van der Waals surface area contributed by atoms with Crippen LogP contribution in [0, 0.1) is 5.92 Å². The van der Waals surface area contributed by atoms with Gasteiger partial charge in [0.05, 0.1) is 16.4 Å². The largest absolute Gasteiger partial charge is 0.271 e. The minimum absolute atomic E-state index is 0.412. The number of hydrogen-bond donors (Lipinski definition) is 0. The maximum absolute atomic E-state index is 6.47. The molecule has 0 saturated carbocycles. The molecule has 1 aromatic heterocycles. The van der Waals surface area contributed by atoms with E-state index in [-0.39, 0.29) is 0 Å². The molecular formula is C16H18BrClN2. The standard InChI is InChI=1S/C16H18BrClN2/c1-3-13-16(18)14(20(2)19-13)9-11-8-10-6-4-5-7-12(10)15(11)17/h4-7,11,15H,3,8-9H2,1-2H3. The van der Waals surface area contributed by atoms with Crippen molar-refractivity contribution < 1.29 is 0 Å². The number of rotatable bonds is 3. The quantitative estimate of drug-likeness (QED) is 0.744. The van der Waals surface area contributed by atoms with Gasteiger partial charge in [-0.3, -0.25) is 4.68 Å². The van der Waals surface area contributed by atoms with Crippen molar-refractivity contribution in [1.29, 1.82) is 0 Å². The molecule has 2 nitrogen and oxygen atoms in total. The Morgan fingerprint density at radius 3 is 2.80 bits per heavy atom. The Bertz CT molecular complexity index is 635. The topological polar surface area (TPSA) is 17.8 Å². The smallest absolute Gasteiger partial charge is 0.0849 e. The third-order valence-corrected chi connectivity index (χ3v) is 5.88. The van der Waals surface area contributed by atoms with Gasteiger partial charge in [-0.05, 0) is 36.3 Å². The Kier molecular flexibility index (Phi) is 3.91. The van der Waals surface area contributed by atoms with E-state index >= 15 is 0 Å². The van der Waals surface area contributed by atoms with Crippen LogP contribution in [0.15, 0.2) is 24.3 Å². The van der Waals surface area contributed by atoms with Crippen molar-refractivity contribution in [3.63, 3.8) is 0 Å². The van der Waals surface area contributed by atoms with Crippen molar-refractivity contribution >= 4 is 27.5 Å². The second-order valence-electron chi connectivity index (χ2n) is 5.45. The van der Waals surface area contributed by atoms with Gasteiger partial charge in [0.2, 0.25) is 0 Å². The molecule has 2 atom stereocenters. The van der Waals surface area contributed by atoms with Gasteiger partial charge in [0.1, 0.15) is 0 Å². The van der Waals surface area contributed by atoms with Crippen LogP contribution in [0.4, 0.5) is 0 Å². The molecule has 0 amide bonds. The van der Waals surface area contributed by atoms with Gasteiger partial charge in [0, 0.05) is 11.9 Å². The van der Waals surface area contributed by atoms with E-state index < -0.39 is 0 Å². The summed E-state index contributed by atoms with van der Waals surface area (Å²) in [5.74, 6) is 0.546. The second kappa shape index (κ2) is 5.53. The first-order valence-corrected chi connectivity index (χ1v) is 8.33. The van der Waals surface area contributed by atoms with Crippen molar-refractivity contribution in [2.24, 2.45) is 13.0 Å². The summed E-state index contributed by atoms with van der Waals surface area (Å²) in [5, 5.41) is 5.37. The van der Waals surface area contributed by atoms with Crippen molar-refractivity contribution in [3.8, 4) is 0 Å². The lowest BCUT2D eigenvalue weighted by Crippen LogP contribution is -2.10. The van der Waals surface area contributed by atoms with E-state index in [0.29, 0.717) is 10.7 Å². The summed E-state index contributed by atoms with van der Waals surface area (Å²) < 4.78 is 1.95. The number of aromatic nitrogens is 2. The van der Waals surface area contributed by atoms with Gasteiger partial charge >= 0.3 is 0 Å². The Hall–Kier alpha value is -0.800. The highest BCUT2D eigenvalue weighted by molar-refractivity contribution is 9.09. The van der Waals surface area contributed by atoms with Crippen LogP contribution in [0.25, 0.3) is 0 Å². The van der Waals surface area contributed by atoms with E-state index in [1.807, 2.05) is 11.7 Å². The van der Waals surface area contributed by atoms with E-state index in [1.54, 1.807) is 0 Å². The summed E-state index contributed by atoms with van der Waals surface area (Å²) in [6, 6.07) is 8.68. The van der Waals surface area contributed by atoms with E-state index in [1.165, 1.54) is 11.1 Å². The SMILES string of the molecule is CCc1nn(C)c(CC2Cc3ccccc3C2Br)c1Cl. The molecule has 0 spiro atoms. The molecule has 1 aliphatic carbocycles. The summed E-state index contributed by atoms with van der Waals surface area (Å²) in [6.07, 6.45) is 2.96. The number of hydrogen-bond acceptors (Lipinski definition) is 1. The first-order chi connectivity index (χ1) is 9.61. The monoisotopic (exact) mass is 352 g/mol. The summed E-state index contributed by atoms with van der Waals surface area (Å²) in [5.41, 5.74) is 5.04. The van der Waals surface area contributed by atoms with Crippen molar-refractivity contribution in [2.45, 2.75) is 31.0 Å². The summed E-state index contributed by atoms with van der Waals surface area (Å²) in [4.78, 5) is 0.412. The second-order valence-corrected chi connectivity index (χ2v) is 6.82. The van der Waals surface area contributed by atoms with Crippen LogP contribution in [0.5, 0.6) is 0 Å². The molecule has 2 aromatic rings. The number of fused-ring (bicyclic) bond motifs is 1. The lowest BCUT2D eigenvalue weighted by Gasteiger charge is -2.15. The van der Waals surface area contributed by atoms with E-state index in [9.17, 15) is 0 Å². The molecule has 0 N–H and O–H groups in total. The maximum atomic E-state index is 6.47. The van der Waals surface area contributed by atoms with Crippen molar-refractivity contribution in [3.05, 3.63) is 51.8 Å². The third-order valence-electron chi connectivity index (χ3n) is 4.21. The van der Waals surface area contributed by atoms with E-state index in [4.69, 9.17) is 11.6 Å². The summed E-state index contributed by atoms with van der Waals surface area (Å²) >= 11 is 10.3. The molecule has 1 heterocycles. The molecule has 2 unspecified atom stereocenters. The summed E-state index contributed by atoms with van der Waals surface area (Å²) in [7, 11) is 1.99. The zero-order chi connectivity index (χ0) is 14.3. The maximum Gasteiger partial charge on any atom is 0.0849 e. The van der Waals surface area contributed by atoms with Gasteiger partial charge in [0.25, 0.3) is 0 Å². The Morgan fingerprint density at radius 1 is 1.40 bits per heavy atom. The average Bonchev–Trinajstić information content (AvgIpc) is 2.91. The number of alkyl halides is 1. The lowest BCUT2D eigenvalue weighted by atomic mass is 9.99. The first-order valence-electron chi connectivity index (χ1n) is 7.04. The van der Waals surface area contributed by atoms with Crippen molar-refractivity contribution in [2.75, 3.05) is 0 Å². The highest BCUT2D eigenvalue weighted by atomic mass is 79.9. The molecule has 0 bridgehead atoms. The lowest BCUT2D eigenvalue weighted by molar-refractivity contribution is 0.528. The van der Waals surface area contributed by atoms with E-state index in [2.05, 4.69) is 52.2 Å². The zero-order valence-corrected chi connectivity index (χ0v) is 14.1. The fourth-order valence-electron chi connectivity index (χ4n) is 3.09. The van der Waals surface area contributed by atoms with Crippen molar-refractivity contribution in [1.82, 2.24) is 9.78 Å². The zero-order valence-electron chi connectivity index (χ0n) is 11.7. The minimum atomic E-state index is 0.412. The number of aryl methyl sites for hydroxylation is 2. The fraction of sp³-hybridized carbons (Fsp3) is 0.438. The van der Waals surface area contributed by atoms with Gasteiger partial charge in [-0.25, -0.2) is 0 Å². The molecule has 0 aliphatic heterocycles. The molecule has 0 saturated heterocycles. The normalized spacial score (nSPS) is 21.2. The van der Waals surface area contributed by atoms with E-state index in [0.717, 1.165) is 35.7 Å². The molecule has 3 rings (SSSR count). The predicted molar refractivity (Wildman–Crippen MR) is 86.6 cm³/mol. The van der Waals surface area contributed by atoms with Crippen LogP contribution in [-0.4, -0.2) is 9.78 Å². The Morgan fingerprint density at radius 2 is 2.15 bits per heavy atom. The summed E-state index contributed by atoms with van der Waals surface area (Å²) in [6.45, 7) is 2.09. The van der Waals surface area contributed by atoms with Crippen LogP contribution in [0.1, 0.15) is 34.3 Å². The first kappa shape index (κ1) is 14.2. The Labute approximate surface area is 133 Å². The van der Waals surface area contributed by atoms with Crippen LogP contribution in [0.2, 0.25) is 5.02 Å². The molecule has 4 heteroatoms. The number of halogens is 2. The van der Waals surface area contributed by atoms with Crippen LogP contribution >= 0.6 is 27.5 Å². The fourth-order valence-corrected chi connectivity index (χ4v) is 4.29. The highest BCUT2D eigenvalue weighted by Crippen LogP contribution is 2.44. The molecule has 0 fully saturated rings. The average molecular weight is 354 g/mol. The van der Waals surface area contributed by atoms with Gasteiger partial charge in [-0.1, -0.05) is 58.7 Å². The third kappa shape index (κ3) is 2.31. The van der Waals surface area contributed by atoms with Gasteiger partial charge in [-0.15, -0.1) is 0 Å². The number of benzene rings is 1. The van der Waals surface area contributed by atoms with Crippen LogP contribution in [-0.2, 0) is 26.3 Å². The van der Waals surface area contributed by atoms with Crippen LogP contribution in [0.3, 0.4) is 0 Å². The minimum Gasteiger partial charge on any atom is -0.271 e. The van der Waals surface area contributed by atoms with Gasteiger partial charge in [-0.2, -0.15) is 5.10 Å². The van der Waals surface area contributed by atoms with Gasteiger partial charge in [0.15, 0.2) is 0 Å². The molecule has 1 aliphatic rings. The Balaban J connectivity index is 1.86. The molecule has 0 radical (unpaired) electrons.